The highest BCUT2D eigenvalue weighted by Crippen LogP contribution is 2.54. The second-order valence-electron chi connectivity index (χ2n) is 13.7. The van der Waals surface area contributed by atoms with Crippen molar-refractivity contribution in [3.8, 4) is 28.1 Å². The van der Waals surface area contributed by atoms with Crippen LogP contribution >= 0.6 is 11.8 Å². The second kappa shape index (κ2) is 9.31. The van der Waals surface area contributed by atoms with Crippen molar-refractivity contribution in [1.82, 2.24) is 4.57 Å². The number of hydrogen-bond donors (Lipinski definition) is 0. The average Bonchev–Trinajstić information content (AvgIpc) is 3.43. The Morgan fingerprint density at radius 1 is 0.609 bits per heavy atom. The van der Waals surface area contributed by atoms with E-state index in [4.69, 9.17) is 0 Å². The summed E-state index contributed by atoms with van der Waals surface area (Å²) in [6, 6.07) is 49.8. The van der Waals surface area contributed by atoms with Gasteiger partial charge in [-0.1, -0.05) is 124 Å². The molecule has 0 aliphatic carbocycles. The van der Waals surface area contributed by atoms with Crippen molar-refractivity contribution in [3.63, 3.8) is 0 Å². The summed E-state index contributed by atoms with van der Waals surface area (Å²) in [5.74, 6) is 0. The summed E-state index contributed by atoms with van der Waals surface area (Å²) in [5, 5.41) is 1.37. The molecule has 0 spiro atoms. The first-order valence-electron chi connectivity index (χ1n) is 16.2. The van der Waals surface area contributed by atoms with Crippen LogP contribution < -0.4 is 21.3 Å². The summed E-state index contributed by atoms with van der Waals surface area (Å²) < 4.78 is 2.52. The summed E-state index contributed by atoms with van der Waals surface area (Å²) in [6.07, 6.45) is 0. The third-order valence-electron chi connectivity index (χ3n) is 10.1. The van der Waals surface area contributed by atoms with E-state index in [2.05, 4.69) is 164 Å². The van der Waals surface area contributed by atoms with E-state index >= 15 is 0 Å². The van der Waals surface area contributed by atoms with Crippen LogP contribution in [0.1, 0.15) is 26.3 Å². The molecule has 0 amide bonds. The van der Waals surface area contributed by atoms with Crippen LogP contribution in [0.4, 0.5) is 17.1 Å². The molecule has 46 heavy (non-hydrogen) atoms. The van der Waals surface area contributed by atoms with Gasteiger partial charge in [-0.3, -0.25) is 0 Å². The fourth-order valence-corrected chi connectivity index (χ4v) is 9.25. The first-order valence-corrected chi connectivity index (χ1v) is 17.0. The molecule has 0 unspecified atom stereocenters. The van der Waals surface area contributed by atoms with Crippen LogP contribution in [0.25, 0.3) is 39.0 Å². The van der Waals surface area contributed by atoms with Gasteiger partial charge >= 0.3 is 0 Å². The Morgan fingerprint density at radius 2 is 1.33 bits per heavy atom. The van der Waals surface area contributed by atoms with Crippen molar-refractivity contribution < 1.29 is 0 Å². The van der Waals surface area contributed by atoms with Gasteiger partial charge in [0.15, 0.2) is 0 Å². The van der Waals surface area contributed by atoms with Gasteiger partial charge in [0, 0.05) is 32.2 Å². The minimum absolute atomic E-state index is 0.00970. The molecule has 6 aromatic carbocycles. The zero-order valence-corrected chi connectivity index (χ0v) is 26.9. The predicted octanol–water partition coefficient (Wildman–Crippen LogP) is 9.34. The Balaban J connectivity index is 1.42. The summed E-state index contributed by atoms with van der Waals surface area (Å²) >= 11 is 1.90. The van der Waals surface area contributed by atoms with E-state index in [9.17, 15) is 0 Å². The van der Waals surface area contributed by atoms with Gasteiger partial charge in [0.1, 0.15) is 0 Å². The van der Waals surface area contributed by atoms with Crippen LogP contribution in [0.2, 0.25) is 0 Å². The highest BCUT2D eigenvalue weighted by molar-refractivity contribution is 7.99. The summed E-state index contributed by atoms with van der Waals surface area (Å²) in [4.78, 5) is 5.21. The highest BCUT2D eigenvalue weighted by Gasteiger charge is 2.46. The number of benzene rings is 6. The maximum atomic E-state index is 2.59. The molecule has 4 heteroatoms. The number of aromatic nitrogens is 1. The lowest BCUT2D eigenvalue weighted by atomic mass is 9.32. The maximum absolute atomic E-state index is 2.59. The Kier molecular flexibility index (Phi) is 5.32. The molecule has 3 aliphatic rings. The van der Waals surface area contributed by atoms with E-state index in [0.29, 0.717) is 0 Å². The highest BCUT2D eigenvalue weighted by atomic mass is 32.2. The molecule has 0 saturated heterocycles. The standard InChI is InChI=1S/C42H31BN2S/c1-42(2,3)27-24-30-29-18-12-21-33-37(29)39(40(26-14-6-4-7-15-26)44(33)28-16-8-5-9-17-28)43-31-19-13-23-36-41(31)45(34(25-27)38(30)43)32-20-10-11-22-35(32)46-36/h4-25H,1-3H3. The van der Waals surface area contributed by atoms with Crippen molar-refractivity contribution in [2.24, 2.45) is 0 Å². The monoisotopic (exact) mass is 606 g/mol. The van der Waals surface area contributed by atoms with Crippen molar-refractivity contribution in [2.45, 2.75) is 36.0 Å². The lowest BCUT2D eigenvalue weighted by Crippen LogP contribution is -2.60. The molecular weight excluding hydrogens is 575 g/mol. The summed E-state index contributed by atoms with van der Waals surface area (Å²) in [7, 11) is 0. The second-order valence-corrected chi connectivity index (χ2v) is 14.8. The number of nitrogens with zero attached hydrogens (tertiary/aromatic N) is 2. The molecule has 4 heterocycles. The molecule has 0 bridgehead atoms. The minimum Gasteiger partial charge on any atom is -0.310 e. The maximum Gasteiger partial charge on any atom is 0.251 e. The lowest BCUT2D eigenvalue weighted by molar-refractivity contribution is 0.590. The normalized spacial score (nSPS) is 13.8. The smallest absolute Gasteiger partial charge is 0.251 e. The first-order chi connectivity index (χ1) is 22.5. The van der Waals surface area contributed by atoms with Crippen molar-refractivity contribution in [2.75, 3.05) is 4.90 Å². The Hall–Kier alpha value is -4.93. The molecular formula is C42H31BN2S. The van der Waals surface area contributed by atoms with Crippen molar-refractivity contribution in [1.29, 1.82) is 0 Å². The largest absolute Gasteiger partial charge is 0.310 e. The van der Waals surface area contributed by atoms with Crippen LogP contribution in [-0.2, 0) is 5.41 Å². The van der Waals surface area contributed by atoms with Gasteiger partial charge in [0.25, 0.3) is 6.71 Å². The van der Waals surface area contributed by atoms with Gasteiger partial charge in [-0.2, -0.15) is 0 Å². The topological polar surface area (TPSA) is 8.17 Å². The van der Waals surface area contributed by atoms with Gasteiger partial charge in [-0.25, -0.2) is 0 Å². The Labute approximate surface area is 274 Å². The molecule has 1 aromatic heterocycles. The third-order valence-corrected chi connectivity index (χ3v) is 11.2. The molecule has 218 valence electrons. The number of fused-ring (bicyclic) bond motifs is 6. The zero-order chi connectivity index (χ0) is 30.7. The summed E-state index contributed by atoms with van der Waals surface area (Å²) in [6.45, 7) is 7.12. The molecule has 0 fully saturated rings. The molecule has 10 rings (SSSR count). The van der Waals surface area contributed by atoms with Crippen LogP contribution in [0.15, 0.2) is 143 Å². The van der Waals surface area contributed by atoms with Gasteiger partial charge in [0.05, 0.1) is 16.9 Å². The number of hydrogen-bond acceptors (Lipinski definition) is 2. The molecule has 3 aliphatic heterocycles. The first kappa shape index (κ1) is 26.3. The van der Waals surface area contributed by atoms with Crippen LogP contribution in [0, 0.1) is 0 Å². The quantitative estimate of drug-likeness (QED) is 0.181. The van der Waals surface area contributed by atoms with Gasteiger partial charge in [-0.05, 0) is 86.5 Å². The molecule has 7 aromatic rings. The minimum atomic E-state index is -0.00970. The molecule has 2 nitrogen and oxygen atoms in total. The van der Waals surface area contributed by atoms with Gasteiger partial charge < -0.3 is 9.47 Å². The fraction of sp³-hybridized carbons (Fsp3) is 0.0952. The molecule has 0 atom stereocenters. The third kappa shape index (κ3) is 3.45. The van der Waals surface area contributed by atoms with Crippen molar-refractivity contribution >= 4 is 62.8 Å². The van der Waals surface area contributed by atoms with E-state index in [-0.39, 0.29) is 12.1 Å². The average molecular weight is 607 g/mol. The SMILES string of the molecule is CC(C)(C)c1cc2c3c(c1)N1c4ccccc4Sc4cccc(c41)B3c1c(-c3ccccc3)n(-c3ccccc3)c3cccc-2c13. The number of anilines is 3. The Morgan fingerprint density at radius 3 is 2.13 bits per heavy atom. The number of rotatable bonds is 2. The van der Waals surface area contributed by atoms with Crippen LogP contribution in [0.5, 0.6) is 0 Å². The van der Waals surface area contributed by atoms with Crippen molar-refractivity contribution in [3.05, 3.63) is 139 Å². The molecule has 0 radical (unpaired) electrons. The van der Waals surface area contributed by atoms with Crippen LogP contribution in [0.3, 0.4) is 0 Å². The van der Waals surface area contributed by atoms with E-state index in [0.717, 1.165) is 0 Å². The van der Waals surface area contributed by atoms with E-state index in [1.807, 2.05) is 11.8 Å². The zero-order valence-electron chi connectivity index (χ0n) is 26.1. The predicted molar refractivity (Wildman–Crippen MR) is 196 cm³/mol. The van der Waals surface area contributed by atoms with E-state index in [1.54, 1.807) is 0 Å². The van der Waals surface area contributed by atoms with Crippen LogP contribution in [-0.4, -0.2) is 11.3 Å². The van der Waals surface area contributed by atoms with Gasteiger partial charge in [-0.15, -0.1) is 0 Å². The summed E-state index contributed by atoms with van der Waals surface area (Å²) in [5.41, 5.74) is 17.2. The number of para-hydroxylation sites is 3. The lowest BCUT2D eigenvalue weighted by Gasteiger charge is -2.44. The Bertz CT molecular complexity index is 2380. The molecule has 0 N–H and O–H groups in total. The van der Waals surface area contributed by atoms with Gasteiger partial charge in [0.2, 0.25) is 0 Å². The molecule has 0 saturated carbocycles. The van der Waals surface area contributed by atoms with E-state index < -0.39 is 0 Å². The fourth-order valence-electron chi connectivity index (χ4n) is 8.15. The van der Waals surface area contributed by atoms with E-state index in [1.165, 1.54) is 87.8 Å².